The first-order valence-electron chi connectivity index (χ1n) is 8.45. The number of hydrogen-bond acceptors (Lipinski definition) is 4. The lowest BCUT2D eigenvalue weighted by Gasteiger charge is -2.38. The summed E-state index contributed by atoms with van der Waals surface area (Å²) in [4.78, 5) is 0. The van der Waals surface area contributed by atoms with Crippen LogP contribution in [0.25, 0.3) is 0 Å². The Kier molecular flexibility index (Phi) is 10.4. The summed E-state index contributed by atoms with van der Waals surface area (Å²) in [6.45, 7) is 11.3. The van der Waals surface area contributed by atoms with Crippen molar-refractivity contribution in [3.8, 4) is 0 Å². The number of ether oxygens (including phenoxy) is 2. The fourth-order valence-corrected chi connectivity index (χ4v) is 3.36. The van der Waals surface area contributed by atoms with Crippen molar-refractivity contribution in [2.45, 2.75) is 25.7 Å². The Morgan fingerprint density at radius 3 is 1.23 bits per heavy atom. The number of unbranched alkanes of at least 4 members (excludes halogenated alkanes) is 3. The molecule has 0 aromatic rings. The fraction of sp³-hybridized carbons (Fsp3) is 1.00. The van der Waals surface area contributed by atoms with Crippen LogP contribution in [0.2, 0.25) is 0 Å². The second-order valence-electron chi connectivity index (χ2n) is 7.22. The smallest absolute Gasteiger partial charge is 0.102 e. The molecule has 2 rings (SSSR count). The SMILES string of the molecule is C[N+]1(CCCCCC[N+]2(C)CCOCC2)CCOCC1.[OH-].[OH-]. The van der Waals surface area contributed by atoms with Crippen LogP contribution in [0.5, 0.6) is 0 Å². The van der Waals surface area contributed by atoms with E-state index in [9.17, 15) is 0 Å². The Morgan fingerprint density at radius 2 is 0.909 bits per heavy atom. The molecule has 0 saturated carbocycles. The van der Waals surface area contributed by atoms with Gasteiger partial charge in [0.25, 0.3) is 0 Å². The highest BCUT2D eigenvalue weighted by atomic mass is 16.5. The van der Waals surface area contributed by atoms with E-state index >= 15 is 0 Å². The molecule has 0 bridgehead atoms. The zero-order valence-corrected chi connectivity index (χ0v) is 14.5. The van der Waals surface area contributed by atoms with Gasteiger partial charge in [0, 0.05) is 0 Å². The molecule has 0 atom stereocenters. The van der Waals surface area contributed by atoms with E-state index in [0.29, 0.717) is 0 Å². The van der Waals surface area contributed by atoms with Gasteiger partial charge in [-0.05, 0) is 25.7 Å². The van der Waals surface area contributed by atoms with E-state index in [1.807, 2.05) is 0 Å². The van der Waals surface area contributed by atoms with Gasteiger partial charge in [0.15, 0.2) is 0 Å². The van der Waals surface area contributed by atoms with Crippen molar-refractivity contribution >= 4 is 0 Å². The molecule has 0 spiro atoms. The van der Waals surface area contributed by atoms with Crippen LogP contribution in [0.3, 0.4) is 0 Å². The number of morpholine rings is 2. The summed E-state index contributed by atoms with van der Waals surface area (Å²) in [5, 5.41) is 0. The van der Waals surface area contributed by atoms with Crippen LogP contribution in [-0.4, -0.2) is 99.7 Å². The monoisotopic (exact) mass is 320 g/mol. The van der Waals surface area contributed by atoms with Crippen LogP contribution < -0.4 is 0 Å². The number of likely N-dealkylation sites (N-methyl/N-ethyl adjacent to an activating group) is 2. The van der Waals surface area contributed by atoms with E-state index in [0.717, 1.165) is 26.4 Å². The summed E-state index contributed by atoms with van der Waals surface area (Å²) < 4.78 is 13.4. The van der Waals surface area contributed by atoms with E-state index in [1.54, 1.807) is 0 Å². The number of rotatable bonds is 7. The standard InChI is InChI=1S/C16H34N2O2.2H2O/c1-17(9-13-19-14-10-17)7-5-3-4-6-8-18(2)11-15-20-16-12-18;;/h3-16H2,1-2H3;2*1H2/q+2;;/p-2. The Labute approximate surface area is 135 Å². The van der Waals surface area contributed by atoms with Gasteiger partial charge in [-0.25, -0.2) is 0 Å². The molecule has 2 heterocycles. The van der Waals surface area contributed by atoms with Crippen LogP contribution in [-0.2, 0) is 9.47 Å². The fourth-order valence-electron chi connectivity index (χ4n) is 3.36. The molecule has 2 fully saturated rings. The first-order valence-corrected chi connectivity index (χ1v) is 8.45. The lowest BCUT2D eigenvalue weighted by molar-refractivity contribution is -0.917. The molecule has 2 N–H and O–H groups in total. The van der Waals surface area contributed by atoms with Gasteiger partial charge in [0.1, 0.15) is 26.2 Å². The molecule has 22 heavy (non-hydrogen) atoms. The van der Waals surface area contributed by atoms with Crippen molar-refractivity contribution in [3.63, 3.8) is 0 Å². The predicted octanol–water partition coefficient (Wildman–Crippen LogP) is 1.15. The van der Waals surface area contributed by atoms with Crippen molar-refractivity contribution in [1.29, 1.82) is 0 Å². The minimum Gasteiger partial charge on any atom is -0.870 e. The average molecular weight is 320 g/mol. The van der Waals surface area contributed by atoms with Gasteiger partial charge in [-0.15, -0.1) is 0 Å². The molecule has 6 nitrogen and oxygen atoms in total. The van der Waals surface area contributed by atoms with Crippen LogP contribution in [0, 0.1) is 0 Å². The lowest BCUT2D eigenvalue weighted by atomic mass is 10.1. The van der Waals surface area contributed by atoms with E-state index in [2.05, 4.69) is 14.1 Å². The molecule has 2 aliphatic rings. The second kappa shape index (κ2) is 10.5. The summed E-state index contributed by atoms with van der Waals surface area (Å²) >= 11 is 0. The molecule has 6 heteroatoms. The lowest BCUT2D eigenvalue weighted by Crippen LogP contribution is -2.52. The van der Waals surface area contributed by atoms with Crippen molar-refractivity contribution in [2.24, 2.45) is 0 Å². The third-order valence-corrected chi connectivity index (χ3v) is 5.25. The molecule has 2 aliphatic heterocycles. The minimum absolute atomic E-state index is 0. The maximum Gasteiger partial charge on any atom is 0.102 e. The molecule has 134 valence electrons. The molecule has 0 unspecified atom stereocenters. The van der Waals surface area contributed by atoms with Gasteiger partial charge in [-0.2, -0.15) is 0 Å². The summed E-state index contributed by atoms with van der Waals surface area (Å²) in [5.41, 5.74) is 0. The Morgan fingerprint density at radius 1 is 0.591 bits per heavy atom. The van der Waals surface area contributed by atoms with E-state index in [4.69, 9.17) is 9.47 Å². The molecule has 0 amide bonds. The van der Waals surface area contributed by atoms with Crippen LogP contribution in [0.15, 0.2) is 0 Å². The Balaban J connectivity index is 0.00000220. The summed E-state index contributed by atoms with van der Waals surface area (Å²) in [6, 6.07) is 0. The number of nitrogens with zero attached hydrogens (tertiary/aromatic N) is 2. The van der Waals surface area contributed by atoms with Gasteiger partial charge in [0.2, 0.25) is 0 Å². The predicted molar refractivity (Wildman–Crippen MR) is 85.5 cm³/mol. The quantitative estimate of drug-likeness (QED) is 0.520. The molecule has 0 aliphatic carbocycles. The van der Waals surface area contributed by atoms with Gasteiger partial charge in [-0.1, -0.05) is 0 Å². The number of quaternary nitrogens is 2. The molecular weight excluding hydrogens is 284 g/mol. The second-order valence-corrected chi connectivity index (χ2v) is 7.22. The van der Waals surface area contributed by atoms with Crippen molar-refractivity contribution in [1.82, 2.24) is 0 Å². The number of hydrogen-bond donors (Lipinski definition) is 0. The first-order chi connectivity index (χ1) is 9.62. The largest absolute Gasteiger partial charge is 0.870 e. The highest BCUT2D eigenvalue weighted by Gasteiger charge is 2.25. The highest BCUT2D eigenvalue weighted by Crippen LogP contribution is 2.13. The molecular formula is C16H36N2O4. The van der Waals surface area contributed by atoms with Crippen molar-refractivity contribution < 1.29 is 29.4 Å². The van der Waals surface area contributed by atoms with Gasteiger partial charge in [0.05, 0.1) is 53.6 Å². The van der Waals surface area contributed by atoms with Crippen molar-refractivity contribution in [2.75, 3.05) is 79.8 Å². The highest BCUT2D eigenvalue weighted by molar-refractivity contribution is 4.51. The third-order valence-electron chi connectivity index (χ3n) is 5.25. The van der Waals surface area contributed by atoms with Gasteiger partial charge in [-0.3, -0.25) is 0 Å². The van der Waals surface area contributed by atoms with Gasteiger partial charge < -0.3 is 29.4 Å². The minimum atomic E-state index is 0. The molecule has 0 aromatic carbocycles. The van der Waals surface area contributed by atoms with Crippen LogP contribution in [0.4, 0.5) is 0 Å². The topological polar surface area (TPSA) is 78.5 Å². The molecule has 0 aromatic heterocycles. The van der Waals surface area contributed by atoms with Crippen LogP contribution >= 0.6 is 0 Å². The Hall–Kier alpha value is -0.240. The summed E-state index contributed by atoms with van der Waals surface area (Å²) in [7, 11) is 4.78. The van der Waals surface area contributed by atoms with Gasteiger partial charge >= 0.3 is 0 Å². The molecule has 2 saturated heterocycles. The first kappa shape index (κ1) is 21.8. The summed E-state index contributed by atoms with van der Waals surface area (Å²) in [5.74, 6) is 0. The average Bonchev–Trinajstić information content (AvgIpc) is 2.44. The van der Waals surface area contributed by atoms with E-state index < -0.39 is 0 Å². The van der Waals surface area contributed by atoms with E-state index in [1.165, 1.54) is 73.9 Å². The maximum atomic E-state index is 5.46. The summed E-state index contributed by atoms with van der Waals surface area (Å²) in [6.07, 6.45) is 5.54. The maximum absolute atomic E-state index is 5.46. The van der Waals surface area contributed by atoms with Crippen molar-refractivity contribution in [3.05, 3.63) is 0 Å². The zero-order valence-electron chi connectivity index (χ0n) is 14.5. The Bertz CT molecular complexity index is 249. The van der Waals surface area contributed by atoms with Crippen LogP contribution in [0.1, 0.15) is 25.7 Å². The van der Waals surface area contributed by atoms with E-state index in [-0.39, 0.29) is 11.0 Å². The molecule has 0 radical (unpaired) electrons. The normalized spacial score (nSPS) is 23.2. The zero-order chi connectivity index (χ0) is 14.3. The third kappa shape index (κ3) is 7.35.